The molecule has 0 unspecified atom stereocenters. The number of hydrogen-bond donors (Lipinski definition) is 1. The number of halogens is 2. The van der Waals surface area contributed by atoms with Crippen LogP contribution in [-0.4, -0.2) is 92.7 Å². The zero-order chi connectivity index (χ0) is 38.6. The second kappa shape index (κ2) is 16.0. The molecule has 5 rings (SSSR count). The van der Waals surface area contributed by atoms with Gasteiger partial charge < -0.3 is 29.3 Å². The highest BCUT2D eigenvalue weighted by atomic mass is 19.3. The van der Waals surface area contributed by atoms with Gasteiger partial charge in [-0.3, -0.25) is 19.0 Å². The highest BCUT2D eigenvalue weighted by Gasteiger charge is 2.32. The number of carbonyl (C=O) groups is 3. The molecule has 1 saturated heterocycles. The van der Waals surface area contributed by atoms with Gasteiger partial charge in [-0.15, -0.1) is 0 Å². The molecule has 0 spiro atoms. The van der Waals surface area contributed by atoms with E-state index in [9.17, 15) is 28.0 Å². The van der Waals surface area contributed by atoms with Crippen molar-refractivity contribution in [3.05, 3.63) is 70.8 Å². The van der Waals surface area contributed by atoms with Gasteiger partial charge >= 0.3 is 18.7 Å². The lowest BCUT2D eigenvalue weighted by Crippen LogP contribution is -2.55. The molecule has 0 radical (unpaired) electrons. The Kier molecular flexibility index (Phi) is 11.7. The summed E-state index contributed by atoms with van der Waals surface area (Å²) in [7, 11) is 1.62. The van der Waals surface area contributed by atoms with Crippen LogP contribution in [0.25, 0.3) is 22.0 Å². The minimum atomic E-state index is -2.98. The number of benzene rings is 2. The van der Waals surface area contributed by atoms with E-state index in [-0.39, 0.29) is 35.7 Å². The van der Waals surface area contributed by atoms with Crippen molar-refractivity contribution in [2.45, 2.75) is 72.4 Å². The van der Waals surface area contributed by atoms with Crippen molar-refractivity contribution in [1.29, 1.82) is 0 Å². The molecular weight excluding hydrogens is 692 g/mol. The van der Waals surface area contributed by atoms with Crippen LogP contribution in [0.15, 0.2) is 59.7 Å². The van der Waals surface area contributed by atoms with Crippen molar-refractivity contribution in [3.8, 4) is 16.9 Å². The summed E-state index contributed by atoms with van der Waals surface area (Å²) in [6, 6.07) is 10.6. The number of carbonyl (C=O) groups excluding carboxylic acids is 3. The molecule has 2 aromatic carbocycles. The maximum atomic E-state index is 13.1. The van der Waals surface area contributed by atoms with E-state index in [1.807, 2.05) is 17.9 Å². The third-order valence-corrected chi connectivity index (χ3v) is 8.80. The number of para-hydroxylation sites is 1. The van der Waals surface area contributed by atoms with Crippen molar-refractivity contribution in [2.75, 3.05) is 31.1 Å². The average Bonchev–Trinajstić information content (AvgIpc) is 3.33. The van der Waals surface area contributed by atoms with Gasteiger partial charge in [0.15, 0.2) is 6.61 Å². The van der Waals surface area contributed by atoms with E-state index in [4.69, 9.17) is 14.2 Å². The van der Waals surface area contributed by atoms with Crippen LogP contribution in [0.3, 0.4) is 0 Å². The van der Waals surface area contributed by atoms with Gasteiger partial charge in [0.25, 0.3) is 11.5 Å². The van der Waals surface area contributed by atoms with Crippen LogP contribution in [0.2, 0.25) is 0 Å². The Balaban J connectivity index is 1.22. The molecule has 2 atom stereocenters. The fourth-order valence-electron chi connectivity index (χ4n) is 6.13. The van der Waals surface area contributed by atoms with Gasteiger partial charge in [-0.05, 0) is 57.4 Å². The Hall–Kier alpha value is -5.54. The van der Waals surface area contributed by atoms with Crippen LogP contribution >= 0.6 is 0 Å². The first kappa shape index (κ1) is 38.7. The monoisotopic (exact) mass is 737 g/mol. The minimum absolute atomic E-state index is 0.0318. The van der Waals surface area contributed by atoms with Crippen LogP contribution in [0.1, 0.15) is 47.1 Å². The molecule has 14 nitrogen and oxygen atoms in total. The number of alkyl halides is 2. The van der Waals surface area contributed by atoms with Gasteiger partial charge in [0.2, 0.25) is 5.95 Å². The summed E-state index contributed by atoms with van der Waals surface area (Å²) >= 11 is 0. The normalized spacial score (nSPS) is 15.5. The first-order valence-corrected chi connectivity index (χ1v) is 17.3. The van der Waals surface area contributed by atoms with Gasteiger partial charge in [0.1, 0.15) is 17.4 Å². The smallest absolute Gasteiger partial charge is 0.408 e. The lowest BCUT2D eigenvalue weighted by atomic mass is 10.1. The van der Waals surface area contributed by atoms with E-state index in [2.05, 4.69) is 15.3 Å². The number of aromatic nitrogens is 4. The molecule has 0 aliphatic carbocycles. The number of ether oxygens (including phenoxy) is 3. The molecular formula is C37H45F2N7O7. The number of rotatable bonds is 11. The summed E-state index contributed by atoms with van der Waals surface area (Å²) in [5.74, 6) is -0.877. The summed E-state index contributed by atoms with van der Waals surface area (Å²) in [6.07, 6.45) is 2.61. The first-order valence-electron chi connectivity index (χ1n) is 17.3. The fraction of sp³-hybridized carbons (Fsp3) is 0.459. The summed E-state index contributed by atoms with van der Waals surface area (Å²) in [6.45, 7) is 8.43. The number of fused-ring (bicyclic) bond motifs is 1. The van der Waals surface area contributed by atoms with E-state index in [0.29, 0.717) is 47.6 Å². The maximum Gasteiger partial charge on any atom is 0.408 e. The third-order valence-electron chi connectivity index (χ3n) is 8.80. The third kappa shape index (κ3) is 9.28. The summed E-state index contributed by atoms with van der Waals surface area (Å²) in [5, 5.41) is 3.00. The average molecular weight is 738 g/mol. The summed E-state index contributed by atoms with van der Waals surface area (Å²) in [4.78, 5) is 64.0. The molecule has 1 fully saturated rings. The zero-order valence-electron chi connectivity index (χ0n) is 30.8. The van der Waals surface area contributed by atoms with Crippen molar-refractivity contribution < 1.29 is 37.4 Å². The molecule has 2 aromatic heterocycles. The first-order chi connectivity index (χ1) is 25.0. The molecule has 1 aliphatic heterocycles. The van der Waals surface area contributed by atoms with E-state index >= 15 is 0 Å². The van der Waals surface area contributed by atoms with Crippen LogP contribution in [0, 0.1) is 5.92 Å². The van der Waals surface area contributed by atoms with E-state index in [1.165, 1.54) is 10.7 Å². The van der Waals surface area contributed by atoms with Crippen molar-refractivity contribution in [1.82, 2.24) is 29.5 Å². The number of nitrogens with zero attached hydrogens (tertiary/aromatic N) is 6. The quantitative estimate of drug-likeness (QED) is 0.217. The van der Waals surface area contributed by atoms with Gasteiger partial charge in [-0.2, -0.15) is 8.78 Å². The highest BCUT2D eigenvalue weighted by Crippen LogP contribution is 2.27. The van der Waals surface area contributed by atoms with Crippen LogP contribution in [-0.2, 0) is 32.7 Å². The molecule has 2 amide bonds. The van der Waals surface area contributed by atoms with Gasteiger partial charge in [-0.1, -0.05) is 38.1 Å². The standard InChI is InChI=1S/C37H45F2N7O7/c1-22(2)31(42-36(50)53-37(4,5)6)33(49)51-21-30(47)45-15-14-44(19-23(45)3)35-40-17-26(18-41-35)24-12-13-27-28(16-24)46(43(7)32(27)48)20-25-10-8-9-11-29(25)52-34(38)39/h8-13,16-18,22-23,31,34H,14-15,19-21H2,1-7H3,(H,42,50)/t23-,31+/m1/s1. The largest absolute Gasteiger partial charge is 0.454 e. The maximum absolute atomic E-state index is 13.1. The van der Waals surface area contributed by atoms with Crippen molar-refractivity contribution >= 4 is 34.8 Å². The van der Waals surface area contributed by atoms with Crippen LogP contribution in [0.4, 0.5) is 19.5 Å². The molecule has 284 valence electrons. The zero-order valence-corrected chi connectivity index (χ0v) is 30.8. The van der Waals surface area contributed by atoms with Gasteiger partial charge in [0.05, 0.1) is 17.4 Å². The molecule has 1 N–H and O–H groups in total. The Bertz CT molecular complexity index is 2010. The number of hydrogen-bond acceptors (Lipinski definition) is 10. The van der Waals surface area contributed by atoms with Crippen molar-refractivity contribution in [3.63, 3.8) is 0 Å². The molecule has 3 heterocycles. The number of anilines is 1. The lowest BCUT2D eigenvalue weighted by Gasteiger charge is -2.39. The highest BCUT2D eigenvalue weighted by molar-refractivity contribution is 5.86. The molecule has 16 heteroatoms. The fourth-order valence-corrected chi connectivity index (χ4v) is 6.13. The van der Waals surface area contributed by atoms with E-state index in [1.54, 1.807) is 94.0 Å². The summed E-state index contributed by atoms with van der Waals surface area (Å²) in [5.41, 5.74) is 1.57. The topological polar surface area (TPSA) is 150 Å². The SMILES string of the molecule is CC(C)[C@H](NC(=O)OC(C)(C)C)C(=O)OCC(=O)N1CCN(c2ncc(-c3ccc4c(=O)n(C)n(Cc5ccccc5OC(F)F)c4c3)cn2)C[C@H]1C. The minimum Gasteiger partial charge on any atom is -0.454 e. The Morgan fingerprint density at radius 2 is 1.72 bits per heavy atom. The predicted octanol–water partition coefficient (Wildman–Crippen LogP) is 4.58. The Morgan fingerprint density at radius 1 is 1.02 bits per heavy atom. The second-order valence-electron chi connectivity index (χ2n) is 14.2. The molecule has 4 aromatic rings. The predicted molar refractivity (Wildman–Crippen MR) is 193 cm³/mol. The van der Waals surface area contributed by atoms with Crippen LogP contribution < -0.4 is 20.5 Å². The summed E-state index contributed by atoms with van der Waals surface area (Å²) < 4.78 is 44.5. The number of amides is 2. The number of esters is 1. The van der Waals surface area contributed by atoms with Gasteiger partial charge in [-0.25, -0.2) is 19.6 Å². The number of nitrogens with one attached hydrogen (secondary N) is 1. The molecule has 1 aliphatic rings. The lowest BCUT2D eigenvalue weighted by molar-refractivity contribution is -0.155. The van der Waals surface area contributed by atoms with Crippen molar-refractivity contribution in [2.24, 2.45) is 13.0 Å². The molecule has 0 saturated carbocycles. The Morgan fingerprint density at radius 3 is 2.36 bits per heavy atom. The Labute approximate surface area is 305 Å². The van der Waals surface area contributed by atoms with Crippen LogP contribution in [0.5, 0.6) is 5.75 Å². The number of piperazine rings is 1. The molecule has 53 heavy (non-hydrogen) atoms. The molecule has 0 bridgehead atoms. The number of alkyl carbamates (subject to hydrolysis) is 1. The van der Waals surface area contributed by atoms with E-state index in [0.717, 1.165) is 5.56 Å². The van der Waals surface area contributed by atoms with Gasteiger partial charge in [0, 0.05) is 56.2 Å². The second-order valence-corrected chi connectivity index (χ2v) is 14.2. The van der Waals surface area contributed by atoms with E-state index < -0.39 is 36.9 Å².